The Balaban J connectivity index is 1.48. The van der Waals surface area contributed by atoms with Crippen molar-refractivity contribution in [2.75, 3.05) is 13.1 Å². The van der Waals surface area contributed by atoms with Crippen LogP contribution in [0, 0.1) is 0 Å². The van der Waals surface area contributed by atoms with Gasteiger partial charge in [-0.15, -0.1) is 0 Å². The Hall–Kier alpha value is -0.860. The van der Waals surface area contributed by atoms with Crippen LogP contribution >= 0.6 is 0 Å². The van der Waals surface area contributed by atoms with E-state index in [0.29, 0.717) is 5.92 Å². The van der Waals surface area contributed by atoms with E-state index in [4.69, 9.17) is 0 Å². The van der Waals surface area contributed by atoms with Gasteiger partial charge < -0.3 is 10.4 Å². The average molecular weight is 231 g/mol. The first-order valence-electron chi connectivity index (χ1n) is 6.78. The molecule has 0 radical (unpaired) electrons. The predicted molar refractivity (Wildman–Crippen MR) is 69.2 cm³/mol. The van der Waals surface area contributed by atoms with E-state index >= 15 is 0 Å². The van der Waals surface area contributed by atoms with Gasteiger partial charge in [-0.1, -0.05) is 37.1 Å². The molecule has 0 saturated heterocycles. The number of nitrogens with one attached hydrogen (secondary N) is 1. The van der Waals surface area contributed by atoms with E-state index in [2.05, 4.69) is 29.6 Å². The number of fused-ring (bicyclic) bond motifs is 1. The Kier molecular flexibility index (Phi) is 2.93. The van der Waals surface area contributed by atoms with Gasteiger partial charge in [0.15, 0.2) is 0 Å². The highest BCUT2D eigenvalue weighted by atomic mass is 16.3. The monoisotopic (exact) mass is 231 g/mol. The summed E-state index contributed by atoms with van der Waals surface area (Å²) in [5.74, 6) is 0.663. The van der Waals surface area contributed by atoms with Gasteiger partial charge in [-0.2, -0.15) is 0 Å². The number of benzene rings is 1. The van der Waals surface area contributed by atoms with Crippen LogP contribution < -0.4 is 5.32 Å². The molecule has 1 fully saturated rings. The van der Waals surface area contributed by atoms with Gasteiger partial charge in [-0.05, 0) is 30.4 Å². The highest BCUT2D eigenvalue weighted by molar-refractivity contribution is 5.40. The van der Waals surface area contributed by atoms with Gasteiger partial charge in [0, 0.05) is 19.0 Å². The molecule has 0 bridgehead atoms. The SMILES string of the molecule is OC1(CNCC2Cc3ccccc32)CCCC1. The van der Waals surface area contributed by atoms with Crippen LogP contribution in [0.15, 0.2) is 24.3 Å². The summed E-state index contributed by atoms with van der Waals surface area (Å²) in [6, 6.07) is 8.69. The zero-order valence-corrected chi connectivity index (χ0v) is 10.3. The molecule has 2 aliphatic rings. The maximum Gasteiger partial charge on any atom is 0.0771 e. The summed E-state index contributed by atoms with van der Waals surface area (Å²) >= 11 is 0. The maximum atomic E-state index is 10.2. The molecule has 0 aliphatic heterocycles. The second-order valence-electron chi connectivity index (χ2n) is 5.66. The Morgan fingerprint density at radius 2 is 2.00 bits per heavy atom. The molecule has 2 nitrogen and oxygen atoms in total. The molecule has 1 aromatic carbocycles. The van der Waals surface area contributed by atoms with E-state index < -0.39 is 5.60 Å². The largest absolute Gasteiger partial charge is 0.389 e. The molecule has 2 heteroatoms. The average Bonchev–Trinajstić information content (AvgIpc) is 2.72. The van der Waals surface area contributed by atoms with Crippen molar-refractivity contribution < 1.29 is 5.11 Å². The lowest BCUT2D eigenvalue weighted by atomic mass is 9.77. The lowest BCUT2D eigenvalue weighted by Gasteiger charge is -2.31. The van der Waals surface area contributed by atoms with E-state index in [1.165, 1.54) is 30.4 Å². The lowest BCUT2D eigenvalue weighted by molar-refractivity contribution is 0.0474. The zero-order chi connectivity index (χ0) is 11.7. The third kappa shape index (κ3) is 2.24. The summed E-state index contributed by atoms with van der Waals surface area (Å²) in [4.78, 5) is 0. The zero-order valence-electron chi connectivity index (χ0n) is 10.3. The van der Waals surface area contributed by atoms with Crippen LogP contribution in [0.3, 0.4) is 0 Å². The van der Waals surface area contributed by atoms with Crippen LogP contribution in [-0.4, -0.2) is 23.8 Å². The Morgan fingerprint density at radius 3 is 2.76 bits per heavy atom. The van der Waals surface area contributed by atoms with Gasteiger partial charge >= 0.3 is 0 Å². The van der Waals surface area contributed by atoms with Gasteiger partial charge in [0.1, 0.15) is 0 Å². The van der Waals surface area contributed by atoms with E-state index in [-0.39, 0.29) is 0 Å². The summed E-state index contributed by atoms with van der Waals surface area (Å²) in [6.07, 6.45) is 5.51. The molecule has 2 N–H and O–H groups in total. The molecule has 0 heterocycles. The maximum absolute atomic E-state index is 10.2. The molecule has 1 unspecified atom stereocenters. The van der Waals surface area contributed by atoms with Crippen LogP contribution in [0.5, 0.6) is 0 Å². The number of hydrogen-bond acceptors (Lipinski definition) is 2. The predicted octanol–water partition coefficient (Wildman–Crippen LogP) is 2.22. The molecule has 17 heavy (non-hydrogen) atoms. The van der Waals surface area contributed by atoms with Crippen molar-refractivity contribution >= 4 is 0 Å². The minimum atomic E-state index is -0.413. The van der Waals surface area contributed by atoms with Crippen molar-refractivity contribution in [1.82, 2.24) is 5.32 Å². The first-order valence-corrected chi connectivity index (χ1v) is 6.78. The van der Waals surface area contributed by atoms with Gasteiger partial charge in [0.25, 0.3) is 0 Å². The summed E-state index contributed by atoms with van der Waals surface area (Å²) < 4.78 is 0. The van der Waals surface area contributed by atoms with Crippen LogP contribution in [0.2, 0.25) is 0 Å². The topological polar surface area (TPSA) is 32.3 Å². The molecule has 92 valence electrons. The molecule has 0 amide bonds. The fourth-order valence-corrected chi connectivity index (χ4v) is 3.23. The third-order valence-corrected chi connectivity index (χ3v) is 4.34. The minimum Gasteiger partial charge on any atom is -0.389 e. The number of hydrogen-bond donors (Lipinski definition) is 2. The third-order valence-electron chi connectivity index (χ3n) is 4.34. The van der Waals surface area contributed by atoms with Gasteiger partial charge in [-0.25, -0.2) is 0 Å². The fourth-order valence-electron chi connectivity index (χ4n) is 3.23. The molecular weight excluding hydrogens is 210 g/mol. The van der Waals surface area contributed by atoms with E-state index in [1.54, 1.807) is 0 Å². The van der Waals surface area contributed by atoms with E-state index in [1.807, 2.05) is 0 Å². The van der Waals surface area contributed by atoms with Crippen LogP contribution in [0.25, 0.3) is 0 Å². The summed E-state index contributed by atoms with van der Waals surface area (Å²) in [7, 11) is 0. The van der Waals surface area contributed by atoms with Crippen LogP contribution in [-0.2, 0) is 6.42 Å². The van der Waals surface area contributed by atoms with Crippen molar-refractivity contribution in [1.29, 1.82) is 0 Å². The number of rotatable bonds is 4. The number of aliphatic hydroxyl groups is 1. The summed E-state index contributed by atoms with van der Waals surface area (Å²) in [6.45, 7) is 1.78. The molecule has 1 saturated carbocycles. The highest BCUT2D eigenvalue weighted by Crippen LogP contribution is 2.34. The van der Waals surface area contributed by atoms with Crippen molar-refractivity contribution in [3.05, 3.63) is 35.4 Å². The van der Waals surface area contributed by atoms with Crippen molar-refractivity contribution in [2.45, 2.75) is 43.6 Å². The summed E-state index contributed by atoms with van der Waals surface area (Å²) in [5, 5.41) is 13.7. The normalized spacial score (nSPS) is 25.4. The van der Waals surface area contributed by atoms with Gasteiger partial charge in [0.2, 0.25) is 0 Å². The molecule has 0 aromatic heterocycles. The second kappa shape index (κ2) is 4.43. The lowest BCUT2D eigenvalue weighted by Crippen LogP contribution is -2.40. The quantitative estimate of drug-likeness (QED) is 0.833. The van der Waals surface area contributed by atoms with E-state index in [0.717, 1.165) is 25.9 Å². The first kappa shape index (κ1) is 11.2. The summed E-state index contributed by atoms with van der Waals surface area (Å²) in [5.41, 5.74) is 2.58. The Bertz CT molecular complexity index is 396. The van der Waals surface area contributed by atoms with Crippen molar-refractivity contribution in [3.8, 4) is 0 Å². The molecule has 0 spiro atoms. The fraction of sp³-hybridized carbons (Fsp3) is 0.600. The van der Waals surface area contributed by atoms with Gasteiger partial charge in [-0.3, -0.25) is 0 Å². The van der Waals surface area contributed by atoms with Crippen molar-refractivity contribution in [3.63, 3.8) is 0 Å². The molecule has 3 rings (SSSR count). The Morgan fingerprint density at radius 1 is 1.24 bits per heavy atom. The minimum absolute atomic E-state index is 0.413. The van der Waals surface area contributed by atoms with Crippen molar-refractivity contribution in [2.24, 2.45) is 0 Å². The molecule has 1 aromatic rings. The van der Waals surface area contributed by atoms with Crippen LogP contribution in [0.4, 0.5) is 0 Å². The highest BCUT2D eigenvalue weighted by Gasteiger charge is 2.31. The van der Waals surface area contributed by atoms with Crippen LogP contribution in [0.1, 0.15) is 42.7 Å². The second-order valence-corrected chi connectivity index (χ2v) is 5.66. The molecule has 2 aliphatic carbocycles. The smallest absolute Gasteiger partial charge is 0.0771 e. The molecule has 1 atom stereocenters. The molecular formula is C15H21NO. The first-order chi connectivity index (χ1) is 8.27. The standard InChI is InChI=1S/C15H21NO/c17-15(7-3-4-8-15)11-16-10-13-9-12-5-1-2-6-14(12)13/h1-2,5-6,13,16-17H,3-4,7-11H2. The van der Waals surface area contributed by atoms with Gasteiger partial charge in [0.05, 0.1) is 5.60 Å². The Labute approximate surface area is 103 Å². The van der Waals surface area contributed by atoms with E-state index in [9.17, 15) is 5.11 Å².